The minimum atomic E-state index is -3.66. The first-order valence-electron chi connectivity index (χ1n) is 6.99. The van der Waals surface area contributed by atoms with E-state index in [9.17, 15) is 8.42 Å². The van der Waals surface area contributed by atoms with E-state index in [0.717, 1.165) is 16.8 Å². The molecule has 6 heteroatoms. The molecule has 0 aliphatic heterocycles. The molecule has 0 aliphatic carbocycles. The van der Waals surface area contributed by atoms with Gasteiger partial charge in [0.25, 0.3) is 0 Å². The maximum atomic E-state index is 11.2. The summed E-state index contributed by atoms with van der Waals surface area (Å²) < 4.78 is 22.5. The van der Waals surface area contributed by atoms with E-state index in [4.69, 9.17) is 10.2 Å². The highest BCUT2D eigenvalue weighted by atomic mass is 32.2. The quantitative estimate of drug-likeness (QED) is 0.759. The standard InChI is InChI=1S/C16H20N2O3S/c1-12(14-4-8-16(9-5-14)22(17,20)21)18-15-6-2-13(3-7-15)10-11-19/h2-9,12,18-19H,10-11H2,1H3,(H2,17,20,21). The smallest absolute Gasteiger partial charge is 0.238 e. The molecular formula is C16H20N2O3S. The first-order valence-corrected chi connectivity index (χ1v) is 8.54. The lowest BCUT2D eigenvalue weighted by atomic mass is 10.1. The summed E-state index contributed by atoms with van der Waals surface area (Å²) in [5.74, 6) is 0. The van der Waals surface area contributed by atoms with Crippen LogP contribution in [0, 0.1) is 0 Å². The van der Waals surface area contributed by atoms with E-state index in [1.807, 2.05) is 31.2 Å². The maximum Gasteiger partial charge on any atom is 0.238 e. The molecule has 2 rings (SSSR count). The molecule has 2 aromatic rings. The van der Waals surface area contributed by atoms with Gasteiger partial charge in [-0.25, -0.2) is 13.6 Å². The van der Waals surface area contributed by atoms with E-state index in [0.29, 0.717) is 6.42 Å². The molecule has 0 aliphatic rings. The van der Waals surface area contributed by atoms with Crippen LogP contribution in [0.5, 0.6) is 0 Å². The number of nitrogens with one attached hydrogen (secondary N) is 1. The van der Waals surface area contributed by atoms with Crippen LogP contribution in [-0.4, -0.2) is 20.1 Å². The number of nitrogens with two attached hydrogens (primary N) is 1. The Morgan fingerprint density at radius 2 is 1.68 bits per heavy atom. The van der Waals surface area contributed by atoms with Gasteiger partial charge in [-0.3, -0.25) is 0 Å². The van der Waals surface area contributed by atoms with Gasteiger partial charge < -0.3 is 10.4 Å². The molecule has 5 nitrogen and oxygen atoms in total. The number of sulfonamides is 1. The van der Waals surface area contributed by atoms with E-state index in [1.165, 1.54) is 12.1 Å². The Morgan fingerprint density at radius 1 is 1.09 bits per heavy atom. The van der Waals surface area contributed by atoms with Crippen LogP contribution in [0.4, 0.5) is 5.69 Å². The van der Waals surface area contributed by atoms with Gasteiger partial charge in [0, 0.05) is 18.3 Å². The number of primary sulfonamides is 1. The van der Waals surface area contributed by atoms with E-state index in [2.05, 4.69) is 5.32 Å². The molecule has 0 saturated heterocycles. The van der Waals surface area contributed by atoms with Gasteiger partial charge in [-0.1, -0.05) is 24.3 Å². The Bertz CT molecular complexity index is 710. The van der Waals surface area contributed by atoms with Crippen molar-refractivity contribution in [1.29, 1.82) is 0 Å². The van der Waals surface area contributed by atoms with Crippen LogP contribution in [-0.2, 0) is 16.4 Å². The number of aliphatic hydroxyl groups excluding tert-OH is 1. The predicted octanol–water partition coefficient (Wildman–Crippen LogP) is 2.04. The molecule has 2 aromatic carbocycles. The molecule has 0 amide bonds. The summed E-state index contributed by atoms with van der Waals surface area (Å²) in [4.78, 5) is 0.108. The average molecular weight is 320 g/mol. The number of hydrogen-bond acceptors (Lipinski definition) is 4. The van der Waals surface area contributed by atoms with E-state index < -0.39 is 10.0 Å². The fourth-order valence-electron chi connectivity index (χ4n) is 2.18. The first-order chi connectivity index (χ1) is 10.4. The molecule has 0 fully saturated rings. The highest BCUT2D eigenvalue weighted by Gasteiger charge is 2.10. The van der Waals surface area contributed by atoms with E-state index >= 15 is 0 Å². The highest BCUT2D eigenvalue weighted by Crippen LogP contribution is 2.21. The SMILES string of the molecule is CC(Nc1ccc(CCO)cc1)c1ccc(S(N)(=O)=O)cc1. The number of rotatable bonds is 6. The summed E-state index contributed by atoms with van der Waals surface area (Å²) in [7, 11) is -3.66. The molecule has 0 heterocycles. The Labute approximate surface area is 130 Å². The third kappa shape index (κ3) is 4.30. The van der Waals surface area contributed by atoms with Crippen LogP contribution in [0.15, 0.2) is 53.4 Å². The Balaban J connectivity index is 2.06. The van der Waals surface area contributed by atoms with Crippen molar-refractivity contribution in [2.24, 2.45) is 5.14 Å². The van der Waals surface area contributed by atoms with Gasteiger partial charge >= 0.3 is 0 Å². The van der Waals surface area contributed by atoms with Crippen LogP contribution in [0.1, 0.15) is 24.1 Å². The lowest BCUT2D eigenvalue weighted by Crippen LogP contribution is -2.12. The highest BCUT2D eigenvalue weighted by molar-refractivity contribution is 7.89. The molecule has 0 saturated carbocycles. The van der Waals surface area contributed by atoms with Crippen molar-refractivity contribution in [3.63, 3.8) is 0 Å². The predicted molar refractivity (Wildman–Crippen MR) is 87.1 cm³/mol. The Kier molecular flexibility index (Phi) is 5.18. The van der Waals surface area contributed by atoms with Crippen molar-refractivity contribution in [3.05, 3.63) is 59.7 Å². The van der Waals surface area contributed by atoms with Gasteiger partial charge in [-0.2, -0.15) is 0 Å². The van der Waals surface area contributed by atoms with Gasteiger partial charge in [0.1, 0.15) is 0 Å². The Morgan fingerprint density at radius 3 is 2.18 bits per heavy atom. The van der Waals surface area contributed by atoms with E-state index in [1.54, 1.807) is 12.1 Å². The fraction of sp³-hybridized carbons (Fsp3) is 0.250. The van der Waals surface area contributed by atoms with Crippen LogP contribution >= 0.6 is 0 Å². The zero-order valence-corrected chi connectivity index (χ0v) is 13.2. The van der Waals surface area contributed by atoms with Gasteiger partial charge in [0.2, 0.25) is 10.0 Å². The molecule has 118 valence electrons. The Hall–Kier alpha value is -1.89. The monoisotopic (exact) mass is 320 g/mol. The van der Waals surface area contributed by atoms with Crippen molar-refractivity contribution < 1.29 is 13.5 Å². The molecule has 0 spiro atoms. The van der Waals surface area contributed by atoms with Crippen molar-refractivity contribution in [3.8, 4) is 0 Å². The van der Waals surface area contributed by atoms with Gasteiger partial charge in [0.15, 0.2) is 0 Å². The molecule has 0 aromatic heterocycles. The second kappa shape index (κ2) is 6.91. The molecule has 22 heavy (non-hydrogen) atoms. The van der Waals surface area contributed by atoms with Crippen molar-refractivity contribution in [2.75, 3.05) is 11.9 Å². The molecular weight excluding hydrogens is 300 g/mol. The molecule has 4 N–H and O–H groups in total. The summed E-state index contributed by atoms with van der Waals surface area (Å²) in [6.45, 7) is 2.13. The second-order valence-corrected chi connectivity index (χ2v) is 6.71. The largest absolute Gasteiger partial charge is 0.396 e. The average Bonchev–Trinajstić information content (AvgIpc) is 2.49. The number of hydrogen-bond donors (Lipinski definition) is 3. The van der Waals surface area contributed by atoms with Crippen molar-refractivity contribution >= 4 is 15.7 Å². The summed E-state index contributed by atoms with van der Waals surface area (Å²) in [6, 6.07) is 14.4. The van der Waals surface area contributed by atoms with Crippen LogP contribution in [0.3, 0.4) is 0 Å². The van der Waals surface area contributed by atoms with Crippen molar-refractivity contribution in [1.82, 2.24) is 0 Å². The molecule has 1 unspecified atom stereocenters. The van der Waals surface area contributed by atoms with Crippen LogP contribution < -0.4 is 10.5 Å². The zero-order valence-electron chi connectivity index (χ0n) is 12.4. The minimum absolute atomic E-state index is 0.0261. The maximum absolute atomic E-state index is 11.2. The van der Waals surface area contributed by atoms with Crippen LogP contribution in [0.2, 0.25) is 0 Å². The van der Waals surface area contributed by atoms with Crippen LogP contribution in [0.25, 0.3) is 0 Å². The third-order valence-corrected chi connectivity index (χ3v) is 4.38. The number of aliphatic hydroxyl groups is 1. The van der Waals surface area contributed by atoms with Gasteiger partial charge in [-0.05, 0) is 48.7 Å². The van der Waals surface area contributed by atoms with Gasteiger partial charge in [-0.15, -0.1) is 0 Å². The second-order valence-electron chi connectivity index (χ2n) is 5.15. The summed E-state index contributed by atoms with van der Waals surface area (Å²) in [5, 5.41) is 17.3. The normalized spacial score (nSPS) is 12.9. The minimum Gasteiger partial charge on any atom is -0.396 e. The molecule has 0 bridgehead atoms. The molecule has 1 atom stereocenters. The summed E-state index contributed by atoms with van der Waals surface area (Å²) in [5.41, 5.74) is 3.01. The number of anilines is 1. The van der Waals surface area contributed by atoms with Gasteiger partial charge in [0.05, 0.1) is 4.90 Å². The topological polar surface area (TPSA) is 92.4 Å². The fourth-order valence-corrected chi connectivity index (χ4v) is 2.69. The lowest BCUT2D eigenvalue weighted by Gasteiger charge is -2.16. The lowest BCUT2D eigenvalue weighted by molar-refractivity contribution is 0.299. The molecule has 0 radical (unpaired) electrons. The first kappa shape index (κ1) is 16.5. The summed E-state index contributed by atoms with van der Waals surface area (Å²) in [6.07, 6.45) is 0.644. The summed E-state index contributed by atoms with van der Waals surface area (Å²) >= 11 is 0. The van der Waals surface area contributed by atoms with E-state index in [-0.39, 0.29) is 17.5 Å². The van der Waals surface area contributed by atoms with Crippen molar-refractivity contribution in [2.45, 2.75) is 24.3 Å². The third-order valence-electron chi connectivity index (χ3n) is 3.45. The number of benzene rings is 2. The zero-order chi connectivity index (χ0) is 16.2.